The van der Waals surface area contributed by atoms with E-state index in [-0.39, 0.29) is 0 Å². The Morgan fingerprint density at radius 2 is 2.12 bits per heavy atom. The number of aliphatic imine (C=N–C) groups is 1. The van der Waals surface area contributed by atoms with Crippen LogP contribution in [0.2, 0.25) is 0 Å². The smallest absolute Gasteiger partial charge is 0.191 e. The van der Waals surface area contributed by atoms with Gasteiger partial charge < -0.3 is 20.5 Å². The van der Waals surface area contributed by atoms with E-state index in [0.717, 1.165) is 32.1 Å². The van der Waals surface area contributed by atoms with Gasteiger partial charge in [-0.05, 0) is 44.3 Å². The molecular formula is C19H32N4O2S. The summed E-state index contributed by atoms with van der Waals surface area (Å²) in [5.74, 6) is 0.785. The van der Waals surface area contributed by atoms with Crippen LogP contribution < -0.4 is 10.6 Å². The van der Waals surface area contributed by atoms with Crippen molar-refractivity contribution >= 4 is 17.3 Å². The van der Waals surface area contributed by atoms with Gasteiger partial charge in [0.1, 0.15) is 0 Å². The first kappa shape index (κ1) is 19.6. The van der Waals surface area contributed by atoms with Crippen molar-refractivity contribution in [3.05, 3.63) is 22.4 Å². The summed E-state index contributed by atoms with van der Waals surface area (Å²) in [7, 11) is 0. The lowest BCUT2D eigenvalue weighted by atomic mass is 9.95. The molecule has 2 aliphatic rings. The fourth-order valence-corrected chi connectivity index (χ4v) is 4.48. The second-order valence-corrected chi connectivity index (χ2v) is 8.17. The van der Waals surface area contributed by atoms with E-state index in [1.54, 1.807) is 0 Å². The minimum Gasteiger partial charge on any atom is -0.388 e. The van der Waals surface area contributed by atoms with Gasteiger partial charge in [0.2, 0.25) is 0 Å². The van der Waals surface area contributed by atoms with Gasteiger partial charge in [-0.3, -0.25) is 9.89 Å². The predicted octanol–water partition coefficient (Wildman–Crippen LogP) is 1.98. The summed E-state index contributed by atoms with van der Waals surface area (Å²) in [5.41, 5.74) is -0.733. The zero-order valence-electron chi connectivity index (χ0n) is 15.7. The van der Waals surface area contributed by atoms with Gasteiger partial charge >= 0.3 is 0 Å². The van der Waals surface area contributed by atoms with Crippen LogP contribution in [0.25, 0.3) is 0 Å². The molecule has 0 saturated carbocycles. The molecule has 3 N–H and O–H groups in total. The van der Waals surface area contributed by atoms with E-state index in [0.29, 0.717) is 38.6 Å². The quantitative estimate of drug-likeness (QED) is 0.499. The van der Waals surface area contributed by atoms with E-state index in [1.165, 1.54) is 17.7 Å². The van der Waals surface area contributed by atoms with Crippen LogP contribution in [0.4, 0.5) is 0 Å². The van der Waals surface area contributed by atoms with Crippen molar-refractivity contribution in [3.8, 4) is 0 Å². The number of rotatable bonds is 7. The van der Waals surface area contributed by atoms with Gasteiger partial charge in [-0.1, -0.05) is 6.07 Å². The molecule has 26 heavy (non-hydrogen) atoms. The number of aliphatic hydroxyl groups is 1. The van der Waals surface area contributed by atoms with Gasteiger partial charge in [-0.25, -0.2) is 0 Å². The number of nitrogens with one attached hydrogen (secondary N) is 2. The van der Waals surface area contributed by atoms with Crippen LogP contribution in [0.15, 0.2) is 22.5 Å². The van der Waals surface area contributed by atoms with Crippen molar-refractivity contribution in [1.29, 1.82) is 0 Å². The molecule has 0 amide bonds. The Kier molecular flexibility index (Phi) is 7.31. The molecule has 1 unspecified atom stereocenters. The second-order valence-electron chi connectivity index (χ2n) is 7.19. The van der Waals surface area contributed by atoms with Crippen LogP contribution in [0.3, 0.4) is 0 Å². The number of hydrogen-bond acceptors (Lipinski definition) is 5. The maximum Gasteiger partial charge on any atom is 0.191 e. The average molecular weight is 381 g/mol. The molecule has 0 spiro atoms. The molecule has 7 heteroatoms. The van der Waals surface area contributed by atoms with Crippen molar-refractivity contribution in [2.24, 2.45) is 4.99 Å². The number of guanidine groups is 1. The second kappa shape index (κ2) is 9.69. The first-order valence-corrected chi connectivity index (χ1v) is 10.7. The summed E-state index contributed by atoms with van der Waals surface area (Å²) in [6.45, 7) is 7.68. The molecule has 0 bridgehead atoms. The number of ether oxygens (including phenoxy) is 1. The number of hydrogen-bond donors (Lipinski definition) is 3. The molecule has 1 aromatic rings. The third-order valence-corrected chi connectivity index (χ3v) is 6.19. The molecule has 0 radical (unpaired) electrons. The zero-order valence-corrected chi connectivity index (χ0v) is 16.6. The van der Waals surface area contributed by atoms with Crippen LogP contribution in [0, 0.1) is 0 Å². The molecule has 1 atom stereocenters. The van der Waals surface area contributed by atoms with Crippen LogP contribution in [0.1, 0.15) is 43.5 Å². The minimum atomic E-state index is -0.733. The Balaban J connectivity index is 1.61. The average Bonchev–Trinajstić information content (AvgIpc) is 3.35. The van der Waals surface area contributed by atoms with Crippen molar-refractivity contribution < 1.29 is 9.84 Å². The van der Waals surface area contributed by atoms with Gasteiger partial charge in [-0.15, -0.1) is 11.3 Å². The van der Waals surface area contributed by atoms with Crippen molar-refractivity contribution in [3.63, 3.8) is 0 Å². The van der Waals surface area contributed by atoms with E-state index in [2.05, 4.69) is 45.0 Å². The lowest BCUT2D eigenvalue weighted by molar-refractivity contribution is -0.0566. The first-order valence-electron chi connectivity index (χ1n) is 9.80. The maximum atomic E-state index is 10.6. The Hall–Kier alpha value is -1.15. The lowest BCUT2D eigenvalue weighted by Gasteiger charge is -2.31. The Labute approximate surface area is 160 Å². The van der Waals surface area contributed by atoms with Gasteiger partial charge in [-0.2, -0.15) is 0 Å². The van der Waals surface area contributed by atoms with E-state index >= 15 is 0 Å². The fraction of sp³-hybridized carbons (Fsp3) is 0.737. The van der Waals surface area contributed by atoms with E-state index in [1.807, 2.05) is 11.3 Å². The standard InChI is InChI=1S/C19H32N4O2S/c1-2-20-18(22-15-19(24)7-11-25-12-8-19)21-14-16(17-6-5-13-26-17)23-9-3-4-10-23/h5-6,13,16,24H,2-4,7-12,14-15H2,1H3,(H2,20,21,22). The SMILES string of the molecule is CCNC(=NCC1(O)CCOCC1)NCC(c1cccs1)N1CCCC1. The van der Waals surface area contributed by atoms with E-state index < -0.39 is 5.60 Å². The number of likely N-dealkylation sites (tertiary alicyclic amines) is 1. The fourth-order valence-electron chi connectivity index (χ4n) is 3.61. The Morgan fingerprint density at radius 3 is 2.77 bits per heavy atom. The summed E-state index contributed by atoms with van der Waals surface area (Å²) < 4.78 is 5.35. The largest absolute Gasteiger partial charge is 0.388 e. The van der Waals surface area contributed by atoms with Crippen LogP contribution in [-0.2, 0) is 4.74 Å². The van der Waals surface area contributed by atoms with Crippen LogP contribution in [-0.4, -0.2) is 67.5 Å². The summed E-state index contributed by atoms with van der Waals surface area (Å²) in [6, 6.07) is 4.74. The van der Waals surface area contributed by atoms with Crippen LogP contribution >= 0.6 is 11.3 Å². The molecule has 0 aliphatic carbocycles. The van der Waals surface area contributed by atoms with E-state index in [9.17, 15) is 5.11 Å². The first-order chi connectivity index (χ1) is 12.7. The minimum absolute atomic E-state index is 0.382. The summed E-state index contributed by atoms with van der Waals surface area (Å²) in [6.07, 6.45) is 3.87. The molecule has 3 rings (SSSR count). The number of nitrogens with zero attached hydrogens (tertiary/aromatic N) is 2. The highest BCUT2D eigenvalue weighted by Crippen LogP contribution is 2.27. The summed E-state index contributed by atoms with van der Waals surface area (Å²) in [4.78, 5) is 8.63. The predicted molar refractivity (Wildman–Crippen MR) is 107 cm³/mol. The summed E-state index contributed by atoms with van der Waals surface area (Å²) >= 11 is 1.82. The van der Waals surface area contributed by atoms with Gasteiger partial charge in [0.25, 0.3) is 0 Å². The highest BCUT2D eigenvalue weighted by Gasteiger charge is 2.30. The zero-order chi connectivity index (χ0) is 18.2. The topological polar surface area (TPSA) is 69.1 Å². The monoisotopic (exact) mass is 380 g/mol. The lowest BCUT2D eigenvalue weighted by Crippen LogP contribution is -2.44. The molecule has 1 aromatic heterocycles. The molecule has 3 heterocycles. The molecule has 6 nitrogen and oxygen atoms in total. The molecular weight excluding hydrogens is 348 g/mol. The highest BCUT2D eigenvalue weighted by atomic mass is 32.1. The summed E-state index contributed by atoms with van der Waals surface area (Å²) in [5, 5.41) is 19.6. The molecule has 2 aliphatic heterocycles. The van der Waals surface area contributed by atoms with Crippen molar-refractivity contribution in [2.45, 2.75) is 44.2 Å². The molecule has 2 fully saturated rings. The van der Waals surface area contributed by atoms with Crippen LogP contribution in [0.5, 0.6) is 0 Å². The normalized spacial score (nSPS) is 22.3. The third-order valence-electron chi connectivity index (χ3n) is 5.22. The number of thiophene rings is 1. The maximum absolute atomic E-state index is 10.6. The van der Waals surface area contributed by atoms with Gasteiger partial charge in [0, 0.05) is 44.0 Å². The van der Waals surface area contributed by atoms with E-state index in [4.69, 9.17) is 4.74 Å². The molecule has 2 saturated heterocycles. The van der Waals surface area contributed by atoms with Crippen molar-refractivity contribution in [2.75, 3.05) is 45.9 Å². The van der Waals surface area contributed by atoms with Gasteiger partial charge in [0.15, 0.2) is 5.96 Å². The Bertz CT molecular complexity index is 552. The highest BCUT2D eigenvalue weighted by molar-refractivity contribution is 7.10. The van der Waals surface area contributed by atoms with Gasteiger partial charge in [0.05, 0.1) is 18.2 Å². The van der Waals surface area contributed by atoms with Crippen molar-refractivity contribution in [1.82, 2.24) is 15.5 Å². The third kappa shape index (κ3) is 5.42. The molecule has 146 valence electrons. The Morgan fingerprint density at radius 1 is 1.35 bits per heavy atom. The molecule has 0 aromatic carbocycles.